The van der Waals surface area contributed by atoms with Gasteiger partial charge in [-0.1, -0.05) is 57.8 Å². The predicted molar refractivity (Wildman–Crippen MR) is 75.2 cm³/mol. The van der Waals surface area contributed by atoms with E-state index in [1.54, 1.807) is 0 Å². The number of unbranched alkanes of at least 4 members (excludes halogenated alkanes) is 3. The zero-order valence-electron chi connectivity index (χ0n) is 11.4. The van der Waals surface area contributed by atoms with Crippen molar-refractivity contribution >= 4 is 6.21 Å². The minimum atomic E-state index is 0.622. The number of rotatable bonds is 8. The van der Waals surface area contributed by atoms with Gasteiger partial charge in [0.15, 0.2) is 0 Å². The van der Waals surface area contributed by atoms with Crippen LogP contribution < -0.4 is 0 Å². The van der Waals surface area contributed by atoms with Gasteiger partial charge in [0.25, 0.3) is 0 Å². The van der Waals surface area contributed by atoms with Crippen LogP contribution in [0.1, 0.15) is 52.9 Å². The van der Waals surface area contributed by atoms with Crippen molar-refractivity contribution in [3.63, 3.8) is 0 Å². The van der Waals surface area contributed by atoms with E-state index in [2.05, 4.69) is 37.1 Å². The summed E-state index contributed by atoms with van der Waals surface area (Å²) in [5.41, 5.74) is 1.34. The summed E-state index contributed by atoms with van der Waals surface area (Å²) in [5.74, 6) is 0.622. The first kappa shape index (κ1) is 15.2. The SMILES string of the molecule is C\C=C/C=C(\C=N/C)C(C)CCCCCC. The van der Waals surface area contributed by atoms with Gasteiger partial charge in [0.2, 0.25) is 0 Å². The Morgan fingerprint density at radius 1 is 1.25 bits per heavy atom. The number of allylic oxidation sites excluding steroid dienone is 4. The third-order valence-corrected chi connectivity index (χ3v) is 2.82. The number of hydrogen-bond acceptors (Lipinski definition) is 1. The highest BCUT2D eigenvalue weighted by Gasteiger charge is 2.05. The normalized spacial score (nSPS) is 15.1. The molecule has 92 valence electrons. The highest BCUT2D eigenvalue weighted by atomic mass is 14.6. The maximum Gasteiger partial charge on any atom is 0.0277 e. The van der Waals surface area contributed by atoms with Gasteiger partial charge in [-0.15, -0.1) is 0 Å². The Hall–Kier alpha value is -0.850. The summed E-state index contributed by atoms with van der Waals surface area (Å²) >= 11 is 0. The molecule has 0 bridgehead atoms. The van der Waals surface area contributed by atoms with E-state index in [9.17, 15) is 0 Å². The van der Waals surface area contributed by atoms with Crippen LogP contribution in [-0.2, 0) is 0 Å². The fourth-order valence-corrected chi connectivity index (χ4v) is 1.73. The molecule has 1 nitrogen and oxygen atoms in total. The lowest BCUT2D eigenvalue weighted by atomic mass is 9.95. The van der Waals surface area contributed by atoms with Gasteiger partial charge in [-0.25, -0.2) is 0 Å². The van der Waals surface area contributed by atoms with Crippen LogP contribution in [0.25, 0.3) is 0 Å². The van der Waals surface area contributed by atoms with Crippen LogP contribution in [0.4, 0.5) is 0 Å². The van der Waals surface area contributed by atoms with E-state index in [0.29, 0.717) is 5.92 Å². The second-order valence-corrected chi connectivity index (χ2v) is 4.33. The molecule has 0 saturated heterocycles. The van der Waals surface area contributed by atoms with Crippen molar-refractivity contribution < 1.29 is 0 Å². The summed E-state index contributed by atoms with van der Waals surface area (Å²) in [5, 5.41) is 0. The Balaban J connectivity index is 4.12. The van der Waals surface area contributed by atoms with Crippen LogP contribution in [0.5, 0.6) is 0 Å². The van der Waals surface area contributed by atoms with Crippen LogP contribution in [0.3, 0.4) is 0 Å². The second kappa shape index (κ2) is 10.7. The summed E-state index contributed by atoms with van der Waals surface area (Å²) in [4.78, 5) is 4.13. The van der Waals surface area contributed by atoms with E-state index < -0.39 is 0 Å². The lowest BCUT2D eigenvalue weighted by Crippen LogP contribution is -2.01. The van der Waals surface area contributed by atoms with Gasteiger partial charge in [0, 0.05) is 13.3 Å². The molecule has 0 aromatic carbocycles. The largest absolute Gasteiger partial charge is 0.296 e. The molecule has 0 heterocycles. The second-order valence-electron chi connectivity index (χ2n) is 4.33. The molecule has 1 atom stereocenters. The van der Waals surface area contributed by atoms with Gasteiger partial charge in [-0.3, -0.25) is 4.99 Å². The molecule has 0 fully saturated rings. The topological polar surface area (TPSA) is 12.4 Å². The maximum absolute atomic E-state index is 4.13. The molecule has 0 N–H and O–H groups in total. The van der Waals surface area contributed by atoms with Crippen molar-refractivity contribution in [3.8, 4) is 0 Å². The number of aliphatic imine (C=N–C) groups is 1. The average molecular weight is 221 g/mol. The Morgan fingerprint density at radius 2 is 2.00 bits per heavy atom. The van der Waals surface area contributed by atoms with Crippen molar-refractivity contribution in [2.75, 3.05) is 7.05 Å². The third kappa shape index (κ3) is 7.44. The van der Waals surface area contributed by atoms with Crippen molar-refractivity contribution in [2.24, 2.45) is 10.9 Å². The van der Waals surface area contributed by atoms with Crippen LogP contribution in [0, 0.1) is 5.92 Å². The molecule has 0 aliphatic rings. The maximum atomic E-state index is 4.13. The molecular formula is C15H27N. The van der Waals surface area contributed by atoms with Gasteiger partial charge in [-0.2, -0.15) is 0 Å². The predicted octanol–water partition coefficient (Wildman–Crippen LogP) is 4.80. The first-order chi connectivity index (χ1) is 7.76. The zero-order valence-corrected chi connectivity index (χ0v) is 11.4. The van der Waals surface area contributed by atoms with E-state index in [-0.39, 0.29) is 0 Å². The van der Waals surface area contributed by atoms with Gasteiger partial charge in [0.1, 0.15) is 0 Å². The molecule has 0 amide bonds. The Bertz CT molecular complexity index is 236. The summed E-state index contributed by atoms with van der Waals surface area (Å²) < 4.78 is 0. The highest BCUT2D eigenvalue weighted by Crippen LogP contribution is 2.17. The van der Waals surface area contributed by atoms with E-state index in [1.807, 2.05) is 20.2 Å². The van der Waals surface area contributed by atoms with E-state index >= 15 is 0 Å². The molecule has 16 heavy (non-hydrogen) atoms. The number of hydrogen-bond donors (Lipinski definition) is 0. The van der Waals surface area contributed by atoms with Crippen LogP contribution in [0.15, 0.2) is 28.8 Å². The molecule has 0 aromatic rings. The van der Waals surface area contributed by atoms with Crippen molar-refractivity contribution in [1.82, 2.24) is 0 Å². The molecule has 0 aliphatic heterocycles. The molecule has 1 heteroatoms. The van der Waals surface area contributed by atoms with Gasteiger partial charge in [-0.05, 0) is 24.8 Å². The molecule has 0 radical (unpaired) electrons. The fourth-order valence-electron chi connectivity index (χ4n) is 1.73. The zero-order chi connectivity index (χ0) is 12.2. The van der Waals surface area contributed by atoms with Gasteiger partial charge < -0.3 is 0 Å². The Morgan fingerprint density at radius 3 is 2.56 bits per heavy atom. The van der Waals surface area contributed by atoms with E-state index in [1.165, 1.54) is 37.7 Å². The molecule has 0 saturated carbocycles. The van der Waals surface area contributed by atoms with Crippen molar-refractivity contribution in [2.45, 2.75) is 52.9 Å². The monoisotopic (exact) mass is 221 g/mol. The molecule has 1 unspecified atom stereocenters. The molecule has 0 rings (SSSR count). The summed E-state index contributed by atoms with van der Waals surface area (Å²) in [6.45, 7) is 6.59. The summed E-state index contributed by atoms with van der Waals surface area (Å²) in [7, 11) is 1.84. The lowest BCUT2D eigenvalue weighted by Gasteiger charge is -2.11. The van der Waals surface area contributed by atoms with Crippen molar-refractivity contribution in [3.05, 3.63) is 23.8 Å². The van der Waals surface area contributed by atoms with E-state index in [4.69, 9.17) is 0 Å². The highest BCUT2D eigenvalue weighted by molar-refractivity contribution is 5.79. The molecule has 0 spiro atoms. The van der Waals surface area contributed by atoms with Crippen LogP contribution in [-0.4, -0.2) is 13.3 Å². The van der Waals surface area contributed by atoms with Gasteiger partial charge in [0.05, 0.1) is 0 Å². The standard InChI is InChI=1S/C15H27N/c1-5-7-9-10-11-14(3)15(13-16-4)12-8-6-2/h6,8,12-14H,5,7,9-11H2,1-4H3/b8-6-,15-12+,16-13-. The third-order valence-electron chi connectivity index (χ3n) is 2.82. The Labute approximate surface area is 101 Å². The van der Waals surface area contributed by atoms with Crippen molar-refractivity contribution in [1.29, 1.82) is 0 Å². The molecular weight excluding hydrogens is 194 g/mol. The fraction of sp³-hybridized carbons (Fsp3) is 0.667. The first-order valence-electron chi connectivity index (χ1n) is 6.51. The summed E-state index contributed by atoms with van der Waals surface area (Å²) in [6, 6.07) is 0. The molecule has 0 aromatic heterocycles. The minimum absolute atomic E-state index is 0.622. The minimum Gasteiger partial charge on any atom is -0.296 e. The Kier molecular flexibility index (Phi) is 10.1. The average Bonchev–Trinajstić information content (AvgIpc) is 2.29. The smallest absolute Gasteiger partial charge is 0.0277 e. The first-order valence-corrected chi connectivity index (χ1v) is 6.51. The van der Waals surface area contributed by atoms with Crippen LogP contribution >= 0.6 is 0 Å². The number of nitrogens with zero attached hydrogens (tertiary/aromatic N) is 1. The van der Waals surface area contributed by atoms with E-state index in [0.717, 1.165) is 0 Å². The quantitative estimate of drug-likeness (QED) is 0.317. The summed E-state index contributed by atoms with van der Waals surface area (Å²) in [6.07, 6.45) is 15.0. The van der Waals surface area contributed by atoms with Crippen LogP contribution in [0.2, 0.25) is 0 Å². The van der Waals surface area contributed by atoms with Gasteiger partial charge >= 0.3 is 0 Å². The molecule has 0 aliphatic carbocycles. The lowest BCUT2D eigenvalue weighted by molar-refractivity contribution is 0.553.